The highest BCUT2D eigenvalue weighted by molar-refractivity contribution is 5.59. The van der Waals surface area contributed by atoms with E-state index in [1.807, 2.05) is 13.8 Å². The zero-order chi connectivity index (χ0) is 14.6. The van der Waals surface area contributed by atoms with E-state index in [1.54, 1.807) is 6.07 Å². The van der Waals surface area contributed by atoms with E-state index in [-0.39, 0.29) is 17.5 Å². The average Bonchev–Trinajstić information content (AvgIpc) is 2.34. The number of nitrogens with two attached hydrogens (primary N) is 1. The number of rotatable bonds is 4. The lowest BCUT2D eigenvalue weighted by Crippen LogP contribution is -2.34. The Labute approximate surface area is 110 Å². The molecule has 0 aromatic heterocycles. The maximum absolute atomic E-state index is 12.5. The molecule has 0 saturated heterocycles. The molecule has 1 rings (SSSR count). The monoisotopic (exact) mass is 271 g/mol. The van der Waals surface area contributed by atoms with E-state index in [4.69, 9.17) is 11.0 Å². The number of nitrogens with zero attached hydrogens (tertiary/aromatic N) is 1. The van der Waals surface area contributed by atoms with Crippen LogP contribution in [-0.2, 0) is 6.18 Å². The average molecular weight is 271 g/mol. The summed E-state index contributed by atoms with van der Waals surface area (Å²) in [6.45, 7) is 4.23. The number of benzene rings is 1. The van der Waals surface area contributed by atoms with Crippen molar-refractivity contribution >= 4 is 5.69 Å². The van der Waals surface area contributed by atoms with Gasteiger partial charge in [0.25, 0.3) is 0 Å². The normalized spacial score (nSPS) is 13.2. The lowest BCUT2D eigenvalue weighted by molar-refractivity contribution is -0.137. The Morgan fingerprint density at radius 3 is 2.42 bits per heavy atom. The maximum Gasteiger partial charge on any atom is 0.416 e. The summed E-state index contributed by atoms with van der Waals surface area (Å²) in [7, 11) is 0. The topological polar surface area (TPSA) is 61.8 Å². The molecule has 0 heterocycles. The van der Waals surface area contributed by atoms with Gasteiger partial charge in [0, 0.05) is 12.6 Å². The van der Waals surface area contributed by atoms with E-state index in [0.717, 1.165) is 12.1 Å². The summed E-state index contributed by atoms with van der Waals surface area (Å²) >= 11 is 0. The molecule has 0 aliphatic carbocycles. The molecule has 1 aromatic carbocycles. The number of nitriles is 1. The van der Waals surface area contributed by atoms with Gasteiger partial charge in [0.2, 0.25) is 0 Å². The van der Waals surface area contributed by atoms with Crippen molar-refractivity contribution in [2.75, 3.05) is 11.9 Å². The van der Waals surface area contributed by atoms with Crippen LogP contribution in [0.4, 0.5) is 18.9 Å². The van der Waals surface area contributed by atoms with Gasteiger partial charge in [-0.15, -0.1) is 0 Å². The Morgan fingerprint density at radius 2 is 2.00 bits per heavy atom. The van der Waals surface area contributed by atoms with Crippen LogP contribution in [0.1, 0.15) is 25.0 Å². The molecule has 0 radical (unpaired) electrons. The van der Waals surface area contributed by atoms with Crippen molar-refractivity contribution in [3.05, 3.63) is 29.3 Å². The van der Waals surface area contributed by atoms with Crippen LogP contribution in [0.25, 0.3) is 0 Å². The largest absolute Gasteiger partial charge is 0.416 e. The highest BCUT2D eigenvalue weighted by Gasteiger charge is 2.31. The van der Waals surface area contributed by atoms with Crippen LogP contribution in [0.3, 0.4) is 0 Å². The summed E-state index contributed by atoms with van der Waals surface area (Å²) in [6, 6.07) is 4.75. The van der Waals surface area contributed by atoms with Crippen LogP contribution < -0.4 is 11.1 Å². The standard InChI is InChI=1S/C13H16F3N3/c1-8(2)12(7-18)19-11-4-3-10(13(14,15)16)5-9(11)6-17/h3-5,8,12,19H,7,18H2,1-2H3. The van der Waals surface area contributed by atoms with Crippen LogP contribution in [0.15, 0.2) is 18.2 Å². The maximum atomic E-state index is 12.5. The van der Waals surface area contributed by atoms with Gasteiger partial charge in [-0.3, -0.25) is 0 Å². The molecule has 0 amide bonds. The molecule has 0 saturated carbocycles. The molecule has 0 aliphatic heterocycles. The van der Waals surface area contributed by atoms with Crippen LogP contribution >= 0.6 is 0 Å². The van der Waals surface area contributed by atoms with Crippen LogP contribution in [0, 0.1) is 17.2 Å². The molecule has 6 heteroatoms. The summed E-state index contributed by atoms with van der Waals surface area (Å²) in [5, 5.41) is 12.0. The van der Waals surface area contributed by atoms with Crippen molar-refractivity contribution in [2.24, 2.45) is 11.7 Å². The zero-order valence-corrected chi connectivity index (χ0v) is 10.8. The van der Waals surface area contributed by atoms with Crippen molar-refractivity contribution in [1.82, 2.24) is 0 Å². The molecule has 19 heavy (non-hydrogen) atoms. The smallest absolute Gasteiger partial charge is 0.380 e. The fourth-order valence-electron chi connectivity index (χ4n) is 1.64. The van der Waals surface area contributed by atoms with Gasteiger partial charge in [0.05, 0.1) is 16.8 Å². The van der Waals surface area contributed by atoms with E-state index >= 15 is 0 Å². The Bertz CT molecular complexity index is 475. The van der Waals surface area contributed by atoms with E-state index < -0.39 is 11.7 Å². The van der Waals surface area contributed by atoms with Crippen molar-refractivity contribution in [2.45, 2.75) is 26.1 Å². The third kappa shape index (κ3) is 3.86. The van der Waals surface area contributed by atoms with Gasteiger partial charge < -0.3 is 11.1 Å². The zero-order valence-electron chi connectivity index (χ0n) is 10.8. The van der Waals surface area contributed by atoms with E-state index in [0.29, 0.717) is 12.2 Å². The van der Waals surface area contributed by atoms with Gasteiger partial charge in [-0.25, -0.2) is 0 Å². The third-order valence-electron chi connectivity index (χ3n) is 2.87. The van der Waals surface area contributed by atoms with Crippen molar-refractivity contribution < 1.29 is 13.2 Å². The summed E-state index contributed by atoms with van der Waals surface area (Å²) in [5.41, 5.74) is 5.10. The predicted octanol–water partition coefficient (Wildman–Crippen LogP) is 2.97. The Balaban J connectivity index is 3.07. The quantitative estimate of drug-likeness (QED) is 0.885. The van der Waals surface area contributed by atoms with Gasteiger partial charge >= 0.3 is 6.18 Å². The molecule has 3 nitrogen and oxygen atoms in total. The summed E-state index contributed by atoms with van der Waals surface area (Å²) < 4.78 is 37.6. The second-order valence-corrected chi connectivity index (χ2v) is 4.60. The molecule has 0 fully saturated rings. The first-order valence-electron chi connectivity index (χ1n) is 5.87. The number of nitrogens with one attached hydrogen (secondary N) is 1. The number of hydrogen-bond acceptors (Lipinski definition) is 3. The minimum atomic E-state index is -4.45. The molecule has 104 valence electrons. The first-order chi connectivity index (χ1) is 8.79. The fraction of sp³-hybridized carbons (Fsp3) is 0.462. The minimum absolute atomic E-state index is 0.0334. The number of alkyl halides is 3. The van der Waals surface area contributed by atoms with E-state index in [2.05, 4.69) is 5.32 Å². The molecule has 0 aliphatic rings. The van der Waals surface area contributed by atoms with Gasteiger partial charge in [0.1, 0.15) is 6.07 Å². The Kier molecular flexibility index (Phi) is 4.78. The second-order valence-electron chi connectivity index (χ2n) is 4.60. The summed E-state index contributed by atoms with van der Waals surface area (Å²) in [5.74, 6) is 0.207. The van der Waals surface area contributed by atoms with Crippen molar-refractivity contribution in [3.8, 4) is 6.07 Å². The van der Waals surface area contributed by atoms with Crippen molar-refractivity contribution in [3.63, 3.8) is 0 Å². The molecule has 0 spiro atoms. The lowest BCUT2D eigenvalue weighted by atomic mass is 10.0. The predicted molar refractivity (Wildman–Crippen MR) is 67.5 cm³/mol. The first-order valence-corrected chi connectivity index (χ1v) is 5.87. The van der Waals surface area contributed by atoms with Crippen molar-refractivity contribution in [1.29, 1.82) is 5.26 Å². The van der Waals surface area contributed by atoms with Gasteiger partial charge in [0.15, 0.2) is 0 Å². The molecular weight excluding hydrogens is 255 g/mol. The second kappa shape index (κ2) is 5.93. The lowest BCUT2D eigenvalue weighted by Gasteiger charge is -2.22. The molecule has 1 aromatic rings. The number of hydrogen-bond donors (Lipinski definition) is 2. The Hall–Kier alpha value is -1.74. The van der Waals surface area contributed by atoms with E-state index in [9.17, 15) is 13.2 Å². The molecule has 1 unspecified atom stereocenters. The van der Waals surface area contributed by atoms with Crippen LogP contribution in [0.2, 0.25) is 0 Å². The highest BCUT2D eigenvalue weighted by Crippen LogP contribution is 2.31. The van der Waals surface area contributed by atoms with Crippen LogP contribution in [0.5, 0.6) is 0 Å². The molecule has 0 bridgehead atoms. The van der Waals surface area contributed by atoms with Gasteiger partial charge in [-0.1, -0.05) is 13.8 Å². The number of halogens is 3. The van der Waals surface area contributed by atoms with E-state index in [1.165, 1.54) is 6.07 Å². The fourth-order valence-corrected chi connectivity index (χ4v) is 1.64. The summed E-state index contributed by atoms with van der Waals surface area (Å²) in [6.07, 6.45) is -4.45. The number of anilines is 1. The highest BCUT2D eigenvalue weighted by atomic mass is 19.4. The third-order valence-corrected chi connectivity index (χ3v) is 2.87. The molecule has 1 atom stereocenters. The minimum Gasteiger partial charge on any atom is -0.380 e. The van der Waals surface area contributed by atoms with Gasteiger partial charge in [-0.05, 0) is 24.1 Å². The Morgan fingerprint density at radius 1 is 1.37 bits per heavy atom. The summed E-state index contributed by atoms with van der Waals surface area (Å²) in [4.78, 5) is 0. The van der Waals surface area contributed by atoms with Crippen LogP contribution in [-0.4, -0.2) is 12.6 Å². The first kappa shape index (κ1) is 15.3. The molecule has 3 N–H and O–H groups in total. The SMILES string of the molecule is CC(C)C(CN)Nc1ccc(C(F)(F)F)cc1C#N. The molecular formula is C13H16F3N3. The van der Waals surface area contributed by atoms with Gasteiger partial charge in [-0.2, -0.15) is 18.4 Å².